The molecular weight excluding hydrogens is 330 g/mol. The zero-order chi connectivity index (χ0) is 17.8. The summed E-state index contributed by atoms with van der Waals surface area (Å²) in [6, 6.07) is 9.68. The molecule has 5 nitrogen and oxygen atoms in total. The van der Waals surface area contributed by atoms with Crippen molar-refractivity contribution in [3.8, 4) is 17.6 Å². The van der Waals surface area contributed by atoms with Gasteiger partial charge in [-0.25, -0.2) is 8.78 Å². The highest BCUT2D eigenvalue weighted by molar-refractivity contribution is 6.09. The first-order chi connectivity index (χ1) is 12.1. The number of nitrogens with zero attached hydrogens (tertiary/aromatic N) is 1. The number of rotatable bonds is 3. The molecule has 1 heterocycles. The fourth-order valence-corrected chi connectivity index (χ4v) is 2.26. The molecule has 1 aliphatic heterocycles. The fourth-order valence-electron chi connectivity index (χ4n) is 2.26. The minimum Gasteiger partial charge on any atom is -0.486 e. The average Bonchev–Trinajstić information content (AvgIpc) is 2.61. The zero-order valence-electron chi connectivity index (χ0n) is 12.9. The van der Waals surface area contributed by atoms with Crippen LogP contribution in [0.5, 0.6) is 11.5 Å². The van der Waals surface area contributed by atoms with E-state index < -0.39 is 28.7 Å². The first-order valence-corrected chi connectivity index (χ1v) is 7.35. The summed E-state index contributed by atoms with van der Waals surface area (Å²) in [5, 5.41) is 11.6. The first-order valence-electron chi connectivity index (χ1n) is 7.35. The van der Waals surface area contributed by atoms with E-state index in [1.54, 1.807) is 24.3 Å². The number of hydrogen-bond donors (Lipinski definition) is 1. The van der Waals surface area contributed by atoms with Crippen LogP contribution in [0, 0.1) is 23.0 Å². The largest absolute Gasteiger partial charge is 0.486 e. The molecule has 1 amide bonds. The Hall–Kier alpha value is -3.40. The standard InChI is InChI=1S/C18H12F2N2O3/c19-14-2-1-3-15(20)13(14)8-11(10-21)18(23)22-12-4-5-16-17(9-12)25-7-6-24-16/h1-5,8-9H,6-7H2,(H,22,23). The third-order valence-corrected chi connectivity index (χ3v) is 3.45. The third-order valence-electron chi connectivity index (χ3n) is 3.45. The summed E-state index contributed by atoms with van der Waals surface area (Å²) in [4.78, 5) is 12.2. The van der Waals surface area contributed by atoms with Crippen LogP contribution < -0.4 is 14.8 Å². The van der Waals surface area contributed by atoms with Gasteiger partial charge in [-0.2, -0.15) is 5.26 Å². The molecule has 0 radical (unpaired) electrons. The van der Waals surface area contributed by atoms with E-state index >= 15 is 0 Å². The maximum absolute atomic E-state index is 13.7. The first kappa shape index (κ1) is 16.5. The lowest BCUT2D eigenvalue weighted by Gasteiger charge is -2.18. The van der Waals surface area contributed by atoms with Crippen molar-refractivity contribution in [3.63, 3.8) is 0 Å². The van der Waals surface area contributed by atoms with Crippen molar-refractivity contribution in [3.05, 3.63) is 59.2 Å². The highest BCUT2D eigenvalue weighted by atomic mass is 19.1. The Kier molecular flexibility index (Phi) is 4.61. The van der Waals surface area contributed by atoms with Crippen molar-refractivity contribution in [1.82, 2.24) is 0 Å². The number of nitriles is 1. The number of amides is 1. The zero-order valence-corrected chi connectivity index (χ0v) is 12.9. The topological polar surface area (TPSA) is 71.4 Å². The predicted molar refractivity (Wildman–Crippen MR) is 86.0 cm³/mol. The Labute approximate surface area is 142 Å². The second-order valence-corrected chi connectivity index (χ2v) is 5.12. The van der Waals surface area contributed by atoms with Crippen molar-refractivity contribution in [1.29, 1.82) is 5.26 Å². The lowest BCUT2D eigenvalue weighted by molar-refractivity contribution is -0.112. The number of halogens is 2. The van der Waals surface area contributed by atoms with Gasteiger partial charge in [-0.05, 0) is 30.3 Å². The summed E-state index contributed by atoms with van der Waals surface area (Å²) in [5.41, 5.74) is -0.514. The smallest absolute Gasteiger partial charge is 0.266 e. The molecule has 0 spiro atoms. The quantitative estimate of drug-likeness (QED) is 0.686. The van der Waals surface area contributed by atoms with E-state index in [9.17, 15) is 13.6 Å². The number of anilines is 1. The van der Waals surface area contributed by atoms with Gasteiger partial charge in [0.25, 0.3) is 5.91 Å². The number of carbonyl (C=O) groups excluding carboxylic acids is 1. The van der Waals surface area contributed by atoms with E-state index in [-0.39, 0.29) is 0 Å². The number of ether oxygens (including phenoxy) is 2. The molecule has 25 heavy (non-hydrogen) atoms. The molecule has 1 N–H and O–H groups in total. The monoisotopic (exact) mass is 342 g/mol. The van der Waals surface area contributed by atoms with Crippen molar-refractivity contribution in [2.24, 2.45) is 0 Å². The van der Waals surface area contributed by atoms with Gasteiger partial charge in [-0.3, -0.25) is 4.79 Å². The van der Waals surface area contributed by atoms with Gasteiger partial charge in [0, 0.05) is 17.3 Å². The molecule has 2 aromatic carbocycles. The van der Waals surface area contributed by atoms with Crippen LogP contribution in [0.1, 0.15) is 5.56 Å². The third kappa shape index (κ3) is 3.58. The van der Waals surface area contributed by atoms with E-state index in [4.69, 9.17) is 14.7 Å². The van der Waals surface area contributed by atoms with Gasteiger partial charge in [0.05, 0.1) is 0 Å². The maximum atomic E-state index is 13.7. The number of nitrogens with one attached hydrogen (secondary N) is 1. The van der Waals surface area contributed by atoms with Gasteiger partial charge in [0.1, 0.15) is 36.5 Å². The van der Waals surface area contributed by atoms with Gasteiger partial charge in [-0.15, -0.1) is 0 Å². The van der Waals surface area contributed by atoms with E-state index in [2.05, 4.69) is 5.32 Å². The van der Waals surface area contributed by atoms with E-state index in [1.807, 2.05) is 0 Å². The van der Waals surface area contributed by atoms with Crippen molar-refractivity contribution in [2.45, 2.75) is 0 Å². The molecule has 3 rings (SSSR count). The van der Waals surface area contributed by atoms with Gasteiger partial charge >= 0.3 is 0 Å². The molecule has 126 valence electrons. The van der Waals surface area contributed by atoms with Crippen LogP contribution in [0.2, 0.25) is 0 Å². The normalized spacial score (nSPS) is 13.1. The Morgan fingerprint density at radius 2 is 1.80 bits per heavy atom. The Morgan fingerprint density at radius 3 is 2.48 bits per heavy atom. The van der Waals surface area contributed by atoms with E-state index in [1.165, 1.54) is 6.07 Å². The van der Waals surface area contributed by atoms with Crippen molar-refractivity contribution < 1.29 is 23.0 Å². The Bertz CT molecular complexity index is 883. The Balaban J connectivity index is 1.84. The number of fused-ring (bicyclic) bond motifs is 1. The van der Waals surface area contributed by atoms with Crippen LogP contribution in [0.4, 0.5) is 14.5 Å². The highest BCUT2D eigenvalue weighted by Crippen LogP contribution is 2.32. The molecule has 0 aromatic heterocycles. The minimum absolute atomic E-state index is 0.365. The lowest BCUT2D eigenvalue weighted by atomic mass is 10.1. The van der Waals surface area contributed by atoms with Crippen LogP contribution >= 0.6 is 0 Å². The van der Waals surface area contributed by atoms with Crippen molar-refractivity contribution >= 4 is 17.7 Å². The van der Waals surface area contributed by atoms with Crippen molar-refractivity contribution in [2.75, 3.05) is 18.5 Å². The van der Waals surface area contributed by atoms with Gasteiger partial charge in [0.15, 0.2) is 11.5 Å². The summed E-state index contributed by atoms with van der Waals surface area (Å²) < 4.78 is 38.1. The second kappa shape index (κ2) is 7.01. The molecule has 0 saturated heterocycles. The summed E-state index contributed by atoms with van der Waals surface area (Å²) in [6.45, 7) is 0.828. The summed E-state index contributed by atoms with van der Waals surface area (Å²) >= 11 is 0. The van der Waals surface area contributed by atoms with Gasteiger partial charge in [0.2, 0.25) is 0 Å². The van der Waals surface area contributed by atoms with Gasteiger partial charge < -0.3 is 14.8 Å². The van der Waals surface area contributed by atoms with Crippen LogP contribution in [0.25, 0.3) is 6.08 Å². The van der Waals surface area contributed by atoms with Crippen LogP contribution in [0.3, 0.4) is 0 Å². The van der Waals surface area contributed by atoms with E-state index in [0.29, 0.717) is 30.4 Å². The van der Waals surface area contributed by atoms with E-state index in [0.717, 1.165) is 18.2 Å². The molecule has 0 bridgehead atoms. The van der Waals surface area contributed by atoms with Gasteiger partial charge in [-0.1, -0.05) is 6.07 Å². The summed E-state index contributed by atoms with van der Waals surface area (Å²) in [5.74, 6) is -1.50. The molecule has 7 heteroatoms. The van der Waals surface area contributed by atoms with Crippen LogP contribution in [-0.4, -0.2) is 19.1 Å². The summed E-state index contributed by atoms with van der Waals surface area (Å²) in [6.07, 6.45) is 0.873. The Morgan fingerprint density at radius 1 is 1.12 bits per heavy atom. The fraction of sp³-hybridized carbons (Fsp3) is 0.111. The molecule has 0 atom stereocenters. The number of hydrogen-bond acceptors (Lipinski definition) is 4. The molecule has 0 aliphatic carbocycles. The number of carbonyl (C=O) groups is 1. The molecule has 0 fully saturated rings. The molecule has 0 unspecified atom stereocenters. The van der Waals surface area contributed by atoms with Crippen LogP contribution in [-0.2, 0) is 4.79 Å². The van der Waals surface area contributed by atoms with Crippen LogP contribution in [0.15, 0.2) is 42.0 Å². The minimum atomic E-state index is -0.861. The molecule has 0 saturated carbocycles. The SMILES string of the molecule is N#CC(=Cc1c(F)cccc1F)C(=O)Nc1ccc2c(c1)OCCO2. The highest BCUT2D eigenvalue weighted by Gasteiger charge is 2.16. The predicted octanol–water partition coefficient (Wildman–Crippen LogP) is 3.28. The summed E-state index contributed by atoms with van der Waals surface area (Å²) in [7, 11) is 0. The number of benzene rings is 2. The lowest BCUT2D eigenvalue weighted by Crippen LogP contribution is -2.17. The second-order valence-electron chi connectivity index (χ2n) is 5.12. The molecular formula is C18H12F2N2O3. The molecule has 1 aliphatic rings. The average molecular weight is 342 g/mol. The maximum Gasteiger partial charge on any atom is 0.266 e. The molecule has 2 aromatic rings.